The lowest BCUT2D eigenvalue weighted by Crippen LogP contribution is -2.30. The van der Waals surface area contributed by atoms with Crippen molar-refractivity contribution < 1.29 is 80.2 Å². The van der Waals surface area contributed by atoms with Gasteiger partial charge in [-0.25, -0.2) is 9.13 Å². The summed E-state index contributed by atoms with van der Waals surface area (Å²) < 4.78 is 68.6. The fourth-order valence-electron chi connectivity index (χ4n) is 11.8. The number of hydrogen-bond donors (Lipinski definition) is 3. The van der Waals surface area contributed by atoms with Crippen LogP contribution < -0.4 is 0 Å². The zero-order valence-corrected chi connectivity index (χ0v) is 64.5. The Balaban J connectivity index is 5.28. The summed E-state index contributed by atoms with van der Waals surface area (Å²) >= 11 is 0. The molecule has 3 N–H and O–H groups in total. The number of aliphatic hydroxyl groups is 1. The number of aliphatic hydroxyl groups excluding tert-OH is 1. The van der Waals surface area contributed by atoms with Gasteiger partial charge in [-0.15, -0.1) is 0 Å². The van der Waals surface area contributed by atoms with E-state index >= 15 is 0 Å². The second-order valence-corrected chi connectivity index (χ2v) is 31.1. The molecule has 0 aliphatic carbocycles. The summed E-state index contributed by atoms with van der Waals surface area (Å²) in [6, 6.07) is 0. The van der Waals surface area contributed by atoms with Gasteiger partial charge >= 0.3 is 39.5 Å². The Morgan fingerprint density at radius 2 is 0.500 bits per heavy atom. The first-order chi connectivity index (χ1) is 46.4. The SMILES string of the molecule is CCCCCCCCCCCCCCCCCC(=O)O[C@H](COC(=O)CCCCCCCCCCCCC(C)CC)COP(=O)(O)OC[C@@H](O)COP(=O)(O)OC[C@@H](COC(=O)CCCCCCCCCCCCCCC)OC(=O)CCCCCCCCCCCCC(C)CC. The fraction of sp³-hybridized carbons (Fsp3) is 0.948. The average Bonchev–Trinajstić information content (AvgIpc) is 2.15. The van der Waals surface area contributed by atoms with E-state index in [2.05, 4.69) is 41.5 Å². The summed E-state index contributed by atoms with van der Waals surface area (Å²) in [5, 5.41) is 10.6. The van der Waals surface area contributed by atoms with Gasteiger partial charge in [0.1, 0.15) is 19.3 Å². The Kier molecular flexibility index (Phi) is 67.4. The van der Waals surface area contributed by atoms with Crippen molar-refractivity contribution in [1.29, 1.82) is 0 Å². The predicted octanol–water partition coefficient (Wildman–Crippen LogP) is 22.7. The third kappa shape index (κ3) is 67.9. The van der Waals surface area contributed by atoms with Gasteiger partial charge in [0.25, 0.3) is 0 Å². The first-order valence-corrected chi connectivity index (χ1v) is 43.1. The molecule has 0 fully saturated rings. The molecule has 96 heavy (non-hydrogen) atoms. The minimum absolute atomic E-state index is 0.107. The molecule has 0 saturated carbocycles. The van der Waals surface area contributed by atoms with E-state index in [0.29, 0.717) is 25.7 Å². The molecule has 0 amide bonds. The third-order valence-electron chi connectivity index (χ3n) is 18.7. The zero-order chi connectivity index (χ0) is 70.7. The lowest BCUT2D eigenvalue weighted by molar-refractivity contribution is -0.161. The Labute approximate surface area is 588 Å². The van der Waals surface area contributed by atoms with Crippen LogP contribution in [0.3, 0.4) is 0 Å². The normalized spacial score (nSPS) is 14.6. The summed E-state index contributed by atoms with van der Waals surface area (Å²) in [5.74, 6) is -0.498. The number of rotatable bonds is 76. The van der Waals surface area contributed by atoms with Crippen molar-refractivity contribution >= 4 is 39.5 Å². The number of carbonyl (C=O) groups is 4. The van der Waals surface area contributed by atoms with Gasteiger partial charge in [-0.2, -0.15) is 0 Å². The van der Waals surface area contributed by atoms with Crippen LogP contribution in [-0.2, 0) is 65.4 Å². The molecule has 17 nitrogen and oxygen atoms in total. The average molecular weight is 1410 g/mol. The first kappa shape index (κ1) is 94.1. The Morgan fingerprint density at radius 1 is 0.292 bits per heavy atom. The highest BCUT2D eigenvalue weighted by Crippen LogP contribution is 2.45. The number of ether oxygens (including phenoxy) is 4. The van der Waals surface area contributed by atoms with Gasteiger partial charge < -0.3 is 33.8 Å². The van der Waals surface area contributed by atoms with Crippen LogP contribution in [0.25, 0.3) is 0 Å². The van der Waals surface area contributed by atoms with Crippen molar-refractivity contribution in [2.24, 2.45) is 11.8 Å². The number of phosphoric acid groups is 2. The minimum atomic E-state index is -4.96. The molecular formula is C77H150O17P2. The summed E-state index contributed by atoms with van der Waals surface area (Å²) in [6.45, 7) is 9.67. The van der Waals surface area contributed by atoms with E-state index in [4.69, 9.17) is 37.0 Å². The van der Waals surface area contributed by atoms with Crippen molar-refractivity contribution in [3.8, 4) is 0 Å². The van der Waals surface area contributed by atoms with Crippen LogP contribution in [0.1, 0.15) is 401 Å². The summed E-state index contributed by atoms with van der Waals surface area (Å²) in [7, 11) is -9.91. The molecule has 0 saturated heterocycles. The Hall–Kier alpha value is -1.94. The lowest BCUT2D eigenvalue weighted by Gasteiger charge is -2.21. The van der Waals surface area contributed by atoms with Crippen molar-refractivity contribution in [3.05, 3.63) is 0 Å². The minimum Gasteiger partial charge on any atom is -0.462 e. The molecule has 0 aromatic heterocycles. The largest absolute Gasteiger partial charge is 0.472 e. The van der Waals surface area contributed by atoms with Gasteiger partial charge in [-0.1, -0.05) is 350 Å². The van der Waals surface area contributed by atoms with E-state index in [1.165, 1.54) is 218 Å². The molecule has 7 atom stereocenters. The molecule has 0 rings (SSSR count). The number of unbranched alkanes of at least 4 members (excludes halogenated alkanes) is 44. The van der Waals surface area contributed by atoms with Gasteiger partial charge in [0.05, 0.1) is 26.4 Å². The molecule has 0 aromatic rings. The van der Waals surface area contributed by atoms with Crippen molar-refractivity contribution in [1.82, 2.24) is 0 Å². The van der Waals surface area contributed by atoms with Gasteiger partial charge in [-0.3, -0.25) is 37.3 Å². The van der Waals surface area contributed by atoms with Crippen LogP contribution in [0.4, 0.5) is 0 Å². The van der Waals surface area contributed by atoms with Crippen LogP contribution in [0, 0.1) is 11.8 Å². The van der Waals surface area contributed by atoms with Crippen molar-refractivity contribution in [2.75, 3.05) is 39.6 Å². The molecule has 0 spiro atoms. The number of esters is 4. The molecule has 0 aliphatic heterocycles. The van der Waals surface area contributed by atoms with Crippen LogP contribution >= 0.6 is 15.6 Å². The topological polar surface area (TPSA) is 237 Å². The van der Waals surface area contributed by atoms with Crippen LogP contribution in [0.5, 0.6) is 0 Å². The number of phosphoric ester groups is 2. The van der Waals surface area contributed by atoms with Gasteiger partial charge in [0.2, 0.25) is 0 Å². The molecule has 19 heteroatoms. The standard InChI is InChI=1S/C77H150O17P2/c1-7-11-13-15-17-19-21-23-24-26-28-37-43-49-55-61-76(81)93-72(66-88-75(80)60-54-48-42-36-31-29-33-39-45-51-57-69(5)9-3)67-91-95(83,84)89-63-71(78)64-90-96(85,86)92-68-73(65-87-74(79)59-53-47-41-35-27-25-22-20-18-16-14-12-8-2)94-77(82)62-56-50-44-38-32-30-34-40-46-52-58-70(6)10-4/h69-73,78H,7-68H2,1-6H3,(H,83,84)(H,85,86)/t69?,70?,71-,72-,73-/m1/s1. The van der Waals surface area contributed by atoms with E-state index < -0.39 is 97.5 Å². The van der Waals surface area contributed by atoms with Crippen molar-refractivity contribution in [3.63, 3.8) is 0 Å². The van der Waals surface area contributed by atoms with E-state index in [9.17, 15) is 43.2 Å². The van der Waals surface area contributed by atoms with Gasteiger partial charge in [0.15, 0.2) is 12.2 Å². The van der Waals surface area contributed by atoms with Crippen LogP contribution in [0.15, 0.2) is 0 Å². The second-order valence-electron chi connectivity index (χ2n) is 28.2. The third-order valence-corrected chi connectivity index (χ3v) is 20.6. The van der Waals surface area contributed by atoms with Crippen LogP contribution in [0.2, 0.25) is 0 Å². The summed E-state index contributed by atoms with van der Waals surface area (Å²) in [4.78, 5) is 72.9. The van der Waals surface area contributed by atoms with E-state index in [1.54, 1.807) is 0 Å². The maximum absolute atomic E-state index is 13.1. The lowest BCUT2D eigenvalue weighted by atomic mass is 9.99. The first-order valence-electron chi connectivity index (χ1n) is 40.1. The quantitative estimate of drug-likeness (QED) is 0.0222. The van der Waals surface area contributed by atoms with E-state index in [1.807, 2.05) is 0 Å². The Bertz CT molecular complexity index is 1860. The van der Waals surface area contributed by atoms with Crippen molar-refractivity contribution in [2.45, 2.75) is 419 Å². The van der Waals surface area contributed by atoms with Crippen LogP contribution in [-0.4, -0.2) is 96.7 Å². The molecule has 0 aliphatic rings. The highest BCUT2D eigenvalue weighted by molar-refractivity contribution is 7.47. The second kappa shape index (κ2) is 68.8. The van der Waals surface area contributed by atoms with E-state index in [0.717, 1.165) is 102 Å². The zero-order valence-electron chi connectivity index (χ0n) is 62.7. The molecule has 0 radical (unpaired) electrons. The molecule has 0 bridgehead atoms. The van der Waals surface area contributed by atoms with Gasteiger partial charge in [-0.05, 0) is 37.5 Å². The maximum Gasteiger partial charge on any atom is 0.472 e. The molecule has 570 valence electrons. The number of carbonyl (C=O) groups excluding carboxylic acids is 4. The molecule has 0 heterocycles. The molecule has 4 unspecified atom stereocenters. The number of hydrogen-bond acceptors (Lipinski definition) is 15. The summed E-state index contributed by atoms with van der Waals surface area (Å²) in [6.07, 6.45) is 56.5. The summed E-state index contributed by atoms with van der Waals surface area (Å²) in [5.41, 5.74) is 0. The Morgan fingerprint density at radius 3 is 0.740 bits per heavy atom. The molecular weight excluding hydrogens is 1260 g/mol. The molecule has 0 aromatic carbocycles. The van der Waals surface area contributed by atoms with Gasteiger partial charge in [0, 0.05) is 25.7 Å². The smallest absolute Gasteiger partial charge is 0.462 e. The maximum atomic E-state index is 13.1. The predicted molar refractivity (Wildman–Crippen MR) is 391 cm³/mol. The monoisotopic (exact) mass is 1410 g/mol. The fourth-order valence-corrected chi connectivity index (χ4v) is 13.3. The van der Waals surface area contributed by atoms with E-state index in [-0.39, 0.29) is 25.7 Å². The highest BCUT2D eigenvalue weighted by atomic mass is 31.2. The highest BCUT2D eigenvalue weighted by Gasteiger charge is 2.30.